The molecule has 1 aliphatic rings. The molecule has 0 unspecified atom stereocenters. The van der Waals surface area contributed by atoms with Crippen LogP contribution in [0.15, 0.2) is 17.5 Å². The van der Waals surface area contributed by atoms with Gasteiger partial charge in [0.25, 0.3) is 5.91 Å². The minimum Gasteiger partial charge on any atom is -0.444 e. The maximum absolute atomic E-state index is 12.7. The first kappa shape index (κ1) is 22.3. The highest BCUT2D eigenvalue weighted by atomic mass is 32.1. The number of imidazole rings is 1. The first-order valence-corrected chi connectivity index (χ1v) is 11.7. The van der Waals surface area contributed by atoms with Gasteiger partial charge in [-0.2, -0.15) is 0 Å². The van der Waals surface area contributed by atoms with Gasteiger partial charge in [-0.15, -0.1) is 11.3 Å². The molecule has 170 valence electrons. The molecule has 8 nitrogen and oxygen atoms in total. The van der Waals surface area contributed by atoms with Crippen molar-refractivity contribution < 1.29 is 14.3 Å². The number of aryl methyl sites for hydroxylation is 2. The van der Waals surface area contributed by atoms with Gasteiger partial charge >= 0.3 is 6.09 Å². The van der Waals surface area contributed by atoms with E-state index in [0.29, 0.717) is 24.7 Å². The van der Waals surface area contributed by atoms with Crippen LogP contribution in [0.25, 0.3) is 11.0 Å². The summed E-state index contributed by atoms with van der Waals surface area (Å²) in [7, 11) is 0. The molecule has 0 aliphatic carbocycles. The molecule has 2 N–H and O–H groups in total. The largest absolute Gasteiger partial charge is 0.444 e. The Bertz CT molecular complexity index is 1110. The molecule has 4 rings (SSSR count). The first-order chi connectivity index (χ1) is 15.1. The summed E-state index contributed by atoms with van der Waals surface area (Å²) in [5.74, 6) is 0.360. The number of aromatic amines is 1. The molecule has 1 saturated heterocycles. The lowest BCUT2D eigenvalue weighted by Crippen LogP contribution is -2.41. The number of hydrogen-bond donors (Lipinski definition) is 2. The average molecular weight is 456 g/mol. The van der Waals surface area contributed by atoms with Crippen molar-refractivity contribution in [1.29, 1.82) is 0 Å². The molecule has 1 aliphatic heterocycles. The summed E-state index contributed by atoms with van der Waals surface area (Å²) in [5.41, 5.74) is 3.92. The normalized spacial score (nSPS) is 15.2. The third-order valence-electron chi connectivity index (χ3n) is 5.58. The molecule has 1 aromatic carbocycles. The van der Waals surface area contributed by atoms with E-state index in [2.05, 4.69) is 20.3 Å². The molecule has 32 heavy (non-hydrogen) atoms. The predicted octanol–water partition coefficient (Wildman–Crippen LogP) is 5.00. The third-order valence-corrected chi connectivity index (χ3v) is 6.59. The predicted molar refractivity (Wildman–Crippen MR) is 125 cm³/mol. The number of thiazole rings is 1. The number of carbonyl (C=O) groups excluding carboxylic acids is 2. The van der Waals surface area contributed by atoms with Crippen molar-refractivity contribution in [1.82, 2.24) is 19.9 Å². The summed E-state index contributed by atoms with van der Waals surface area (Å²) in [6, 6.07) is 4.03. The lowest BCUT2D eigenvalue weighted by Gasteiger charge is -2.32. The van der Waals surface area contributed by atoms with Crippen molar-refractivity contribution in [3.63, 3.8) is 0 Å². The van der Waals surface area contributed by atoms with Crippen molar-refractivity contribution in [2.75, 3.05) is 18.4 Å². The number of likely N-dealkylation sites (tertiary alicyclic amines) is 1. The summed E-state index contributed by atoms with van der Waals surface area (Å²) < 4.78 is 5.46. The van der Waals surface area contributed by atoms with Crippen LogP contribution in [0, 0.1) is 13.8 Å². The third kappa shape index (κ3) is 4.93. The molecular weight excluding hydrogens is 426 g/mol. The molecule has 2 aromatic heterocycles. The number of benzene rings is 1. The minimum absolute atomic E-state index is 0.234. The average Bonchev–Trinajstić information content (AvgIpc) is 3.34. The molecule has 2 amide bonds. The lowest BCUT2D eigenvalue weighted by molar-refractivity contribution is 0.0204. The molecule has 1 fully saturated rings. The summed E-state index contributed by atoms with van der Waals surface area (Å²) in [6.07, 6.45) is 1.33. The van der Waals surface area contributed by atoms with Gasteiger partial charge in [0.2, 0.25) is 5.95 Å². The van der Waals surface area contributed by atoms with Crippen LogP contribution in [0.2, 0.25) is 0 Å². The van der Waals surface area contributed by atoms with E-state index in [0.717, 1.165) is 34.4 Å². The minimum atomic E-state index is -0.497. The second kappa shape index (κ2) is 8.54. The number of carbonyl (C=O) groups is 2. The van der Waals surface area contributed by atoms with Gasteiger partial charge in [-0.25, -0.2) is 14.8 Å². The van der Waals surface area contributed by atoms with E-state index in [-0.39, 0.29) is 17.9 Å². The molecule has 9 heteroatoms. The number of nitrogens with zero attached hydrogens (tertiary/aromatic N) is 3. The Balaban J connectivity index is 1.37. The Morgan fingerprint density at radius 1 is 1.16 bits per heavy atom. The van der Waals surface area contributed by atoms with Crippen molar-refractivity contribution in [2.24, 2.45) is 0 Å². The summed E-state index contributed by atoms with van der Waals surface area (Å²) >= 11 is 1.49. The highest BCUT2D eigenvalue weighted by Gasteiger charge is 2.29. The zero-order valence-corrected chi connectivity index (χ0v) is 19.9. The second-order valence-corrected chi connectivity index (χ2v) is 10.2. The number of hydrogen-bond acceptors (Lipinski definition) is 6. The molecule has 0 saturated carbocycles. The number of aromatic nitrogens is 3. The van der Waals surface area contributed by atoms with Gasteiger partial charge in [-0.05, 0) is 70.7 Å². The topological polar surface area (TPSA) is 100 Å². The van der Waals surface area contributed by atoms with E-state index in [1.165, 1.54) is 16.9 Å². The van der Waals surface area contributed by atoms with Crippen LogP contribution in [0.3, 0.4) is 0 Å². The highest BCUT2D eigenvalue weighted by molar-refractivity contribution is 7.10. The fourth-order valence-electron chi connectivity index (χ4n) is 3.72. The van der Waals surface area contributed by atoms with Crippen LogP contribution in [-0.4, -0.2) is 50.5 Å². The van der Waals surface area contributed by atoms with E-state index in [1.54, 1.807) is 10.3 Å². The van der Waals surface area contributed by atoms with Crippen LogP contribution in [0.4, 0.5) is 10.7 Å². The molecular formula is C23H29N5O3S. The van der Waals surface area contributed by atoms with Crippen LogP contribution in [0.5, 0.6) is 0 Å². The van der Waals surface area contributed by atoms with E-state index in [9.17, 15) is 9.59 Å². The molecule has 0 bridgehead atoms. The van der Waals surface area contributed by atoms with Gasteiger partial charge in [-0.3, -0.25) is 10.1 Å². The number of piperidine rings is 1. The Morgan fingerprint density at radius 2 is 1.84 bits per heavy atom. The van der Waals surface area contributed by atoms with Crippen LogP contribution >= 0.6 is 11.3 Å². The number of rotatable bonds is 3. The van der Waals surface area contributed by atoms with Gasteiger partial charge in [0.05, 0.1) is 16.0 Å². The van der Waals surface area contributed by atoms with Crippen molar-refractivity contribution in [3.05, 3.63) is 39.3 Å². The van der Waals surface area contributed by atoms with Crippen LogP contribution in [-0.2, 0) is 4.74 Å². The molecule has 0 atom stereocenters. The SMILES string of the molecule is Cc1cc2nc(NC(=O)c3csc(C4CCN(C(=O)OC(C)(C)C)CC4)n3)[nH]c2cc1C. The number of fused-ring (bicyclic) bond motifs is 1. The summed E-state index contributed by atoms with van der Waals surface area (Å²) in [6.45, 7) is 10.9. The monoisotopic (exact) mass is 455 g/mol. The van der Waals surface area contributed by atoms with E-state index in [4.69, 9.17) is 4.74 Å². The van der Waals surface area contributed by atoms with E-state index < -0.39 is 5.60 Å². The van der Waals surface area contributed by atoms with Crippen molar-refractivity contribution >= 4 is 40.3 Å². The first-order valence-electron chi connectivity index (χ1n) is 10.8. The lowest BCUT2D eigenvalue weighted by atomic mass is 9.98. The quantitative estimate of drug-likeness (QED) is 0.579. The van der Waals surface area contributed by atoms with Crippen molar-refractivity contribution in [3.8, 4) is 0 Å². The Hall–Kier alpha value is -2.94. The van der Waals surface area contributed by atoms with Crippen molar-refractivity contribution in [2.45, 2.75) is 59.0 Å². The zero-order valence-electron chi connectivity index (χ0n) is 19.1. The van der Waals surface area contributed by atoms with E-state index in [1.807, 2.05) is 46.8 Å². The number of nitrogens with one attached hydrogen (secondary N) is 2. The standard InChI is InChI=1S/C23H29N5O3S/c1-13-10-16-17(11-14(13)2)26-21(25-16)27-19(29)18-12-32-20(24-18)15-6-8-28(9-7-15)22(30)31-23(3,4)5/h10-12,15H,6-9H2,1-5H3,(H2,25,26,27,29). The fourth-order valence-corrected chi connectivity index (χ4v) is 4.69. The number of ether oxygens (including phenoxy) is 1. The molecule has 3 aromatic rings. The van der Waals surface area contributed by atoms with Crippen LogP contribution in [0.1, 0.15) is 66.2 Å². The maximum atomic E-state index is 12.7. The number of amides is 2. The van der Waals surface area contributed by atoms with Gasteiger partial charge < -0.3 is 14.6 Å². The maximum Gasteiger partial charge on any atom is 0.410 e. The van der Waals surface area contributed by atoms with E-state index >= 15 is 0 Å². The van der Waals surface area contributed by atoms with Crippen LogP contribution < -0.4 is 5.32 Å². The summed E-state index contributed by atoms with van der Waals surface area (Å²) in [4.78, 5) is 38.9. The zero-order chi connectivity index (χ0) is 23.0. The Morgan fingerprint density at radius 3 is 2.53 bits per heavy atom. The number of anilines is 1. The second-order valence-electron chi connectivity index (χ2n) is 9.31. The highest BCUT2D eigenvalue weighted by Crippen LogP contribution is 2.31. The fraction of sp³-hybridized carbons (Fsp3) is 0.478. The summed E-state index contributed by atoms with van der Waals surface area (Å²) in [5, 5.41) is 5.52. The van der Waals surface area contributed by atoms with Gasteiger partial charge in [0, 0.05) is 24.4 Å². The molecule has 0 spiro atoms. The van der Waals surface area contributed by atoms with Gasteiger partial charge in [-0.1, -0.05) is 0 Å². The number of H-pyrrole nitrogens is 1. The van der Waals surface area contributed by atoms with Gasteiger partial charge in [0.1, 0.15) is 11.3 Å². The molecule has 0 radical (unpaired) electrons. The molecule has 3 heterocycles. The smallest absolute Gasteiger partial charge is 0.410 e. The Labute approximate surface area is 191 Å². The Kier molecular flexibility index (Phi) is 5.94. The van der Waals surface area contributed by atoms with Gasteiger partial charge in [0.15, 0.2) is 0 Å².